The summed E-state index contributed by atoms with van der Waals surface area (Å²) in [5, 5.41) is 2.78. The third kappa shape index (κ3) is 6.93. The van der Waals surface area contributed by atoms with E-state index in [2.05, 4.69) is 29.0 Å². The average Bonchev–Trinajstić information content (AvgIpc) is 2.31. The maximum absolute atomic E-state index is 11.5. The Hall–Kier alpha value is -1.04. The number of nitrogens with two attached hydrogens (primary N) is 1. The van der Waals surface area contributed by atoms with Gasteiger partial charge in [0.25, 0.3) is 0 Å². The van der Waals surface area contributed by atoms with E-state index < -0.39 is 0 Å². The largest absolute Gasteiger partial charge is 0.357 e. The zero-order chi connectivity index (χ0) is 13.5. The number of anilines is 2. The van der Waals surface area contributed by atoms with Gasteiger partial charge in [0.2, 0.25) is 5.91 Å². The summed E-state index contributed by atoms with van der Waals surface area (Å²) in [6.07, 6.45) is 1.99. The minimum absolute atomic E-state index is 0. The van der Waals surface area contributed by atoms with Gasteiger partial charge in [0.1, 0.15) is 5.82 Å². The van der Waals surface area contributed by atoms with E-state index in [1.165, 1.54) is 0 Å². The lowest BCUT2D eigenvalue weighted by molar-refractivity contribution is -0.116. The summed E-state index contributed by atoms with van der Waals surface area (Å²) in [5.74, 6) is 0.840. The molecule has 5 nitrogen and oxygen atoms in total. The summed E-state index contributed by atoms with van der Waals surface area (Å²) in [6.45, 7) is 7.81. The molecule has 0 fully saturated rings. The Kier molecular flexibility index (Phi) is 11.4. The third-order valence-corrected chi connectivity index (χ3v) is 2.63. The van der Waals surface area contributed by atoms with Crippen LogP contribution in [-0.2, 0) is 4.79 Å². The summed E-state index contributed by atoms with van der Waals surface area (Å²) in [4.78, 5) is 18.0. The van der Waals surface area contributed by atoms with E-state index in [4.69, 9.17) is 5.73 Å². The lowest BCUT2D eigenvalue weighted by atomic mass is 10.2. The molecule has 1 amide bonds. The van der Waals surface area contributed by atoms with Crippen molar-refractivity contribution in [3.05, 3.63) is 18.3 Å². The van der Waals surface area contributed by atoms with Crippen LogP contribution in [0.1, 0.15) is 27.2 Å². The standard InChI is InChI=1S/C13H22N4O.2ClH/c1-4-17(5-2)12-7-6-11(9-15-12)16-13(18)8-10(3)14;;/h6-7,9-10H,4-5,8,14H2,1-3H3,(H,16,18);2*1H. The van der Waals surface area contributed by atoms with Crippen LogP contribution in [0.15, 0.2) is 18.3 Å². The second kappa shape index (κ2) is 10.7. The fourth-order valence-electron chi connectivity index (χ4n) is 1.70. The van der Waals surface area contributed by atoms with Crippen LogP contribution >= 0.6 is 24.8 Å². The van der Waals surface area contributed by atoms with E-state index in [-0.39, 0.29) is 36.8 Å². The molecule has 0 spiro atoms. The second-order valence-electron chi connectivity index (χ2n) is 4.31. The summed E-state index contributed by atoms with van der Waals surface area (Å²) >= 11 is 0. The summed E-state index contributed by atoms with van der Waals surface area (Å²) in [5.41, 5.74) is 6.27. The van der Waals surface area contributed by atoms with Gasteiger partial charge in [0.05, 0.1) is 11.9 Å². The molecule has 1 heterocycles. The van der Waals surface area contributed by atoms with Gasteiger partial charge in [-0.1, -0.05) is 0 Å². The van der Waals surface area contributed by atoms with Gasteiger partial charge < -0.3 is 16.0 Å². The Morgan fingerprint density at radius 2 is 1.95 bits per heavy atom. The van der Waals surface area contributed by atoms with Gasteiger partial charge in [0.15, 0.2) is 0 Å². The number of aromatic nitrogens is 1. The summed E-state index contributed by atoms with van der Waals surface area (Å²) in [7, 11) is 0. The first-order valence-electron chi connectivity index (χ1n) is 6.33. The molecular weight excluding hydrogens is 299 g/mol. The molecule has 0 aromatic carbocycles. The molecule has 0 aliphatic carbocycles. The highest BCUT2D eigenvalue weighted by Crippen LogP contribution is 2.14. The normalized spacial score (nSPS) is 10.8. The zero-order valence-corrected chi connectivity index (χ0v) is 13.8. The minimum Gasteiger partial charge on any atom is -0.357 e. The monoisotopic (exact) mass is 322 g/mol. The number of amides is 1. The van der Waals surface area contributed by atoms with Crippen molar-refractivity contribution in [3.8, 4) is 0 Å². The van der Waals surface area contributed by atoms with Gasteiger partial charge in [-0.05, 0) is 32.9 Å². The molecule has 0 radical (unpaired) electrons. The van der Waals surface area contributed by atoms with Crippen molar-refractivity contribution >= 4 is 42.2 Å². The number of halogens is 2. The molecule has 0 bridgehead atoms. The molecule has 20 heavy (non-hydrogen) atoms. The molecule has 1 aromatic rings. The van der Waals surface area contributed by atoms with Gasteiger partial charge in [-0.15, -0.1) is 24.8 Å². The predicted molar refractivity (Wildman–Crippen MR) is 89.2 cm³/mol. The van der Waals surface area contributed by atoms with Crippen LogP contribution in [0.2, 0.25) is 0 Å². The molecule has 116 valence electrons. The number of pyridine rings is 1. The average molecular weight is 323 g/mol. The van der Waals surface area contributed by atoms with Crippen LogP contribution in [0.25, 0.3) is 0 Å². The van der Waals surface area contributed by atoms with E-state index in [1.54, 1.807) is 13.1 Å². The molecule has 0 aliphatic rings. The number of carbonyl (C=O) groups is 1. The van der Waals surface area contributed by atoms with Crippen LogP contribution in [0.5, 0.6) is 0 Å². The van der Waals surface area contributed by atoms with Gasteiger partial charge in [0, 0.05) is 25.6 Å². The Bertz CT molecular complexity index is 380. The Balaban J connectivity index is 0. The molecule has 1 atom stereocenters. The van der Waals surface area contributed by atoms with E-state index >= 15 is 0 Å². The highest BCUT2D eigenvalue weighted by Gasteiger charge is 2.07. The zero-order valence-electron chi connectivity index (χ0n) is 12.1. The maximum atomic E-state index is 11.5. The van der Waals surface area contributed by atoms with Crippen LogP contribution in [0, 0.1) is 0 Å². The molecular formula is C13H24Cl2N4O. The maximum Gasteiger partial charge on any atom is 0.225 e. The highest BCUT2D eigenvalue weighted by molar-refractivity contribution is 5.90. The van der Waals surface area contributed by atoms with Gasteiger partial charge >= 0.3 is 0 Å². The van der Waals surface area contributed by atoms with Crippen molar-refractivity contribution in [1.29, 1.82) is 0 Å². The smallest absolute Gasteiger partial charge is 0.225 e. The second-order valence-corrected chi connectivity index (χ2v) is 4.31. The number of nitrogens with one attached hydrogen (secondary N) is 1. The summed E-state index contributed by atoms with van der Waals surface area (Å²) in [6, 6.07) is 3.64. The van der Waals surface area contributed by atoms with Gasteiger partial charge in [-0.2, -0.15) is 0 Å². The number of hydrogen-bond donors (Lipinski definition) is 2. The Morgan fingerprint density at radius 3 is 2.35 bits per heavy atom. The first-order valence-corrected chi connectivity index (χ1v) is 6.33. The van der Waals surface area contributed by atoms with E-state index in [0.29, 0.717) is 12.1 Å². The SMILES string of the molecule is CCN(CC)c1ccc(NC(=O)CC(C)N)cn1.Cl.Cl. The molecule has 1 unspecified atom stereocenters. The topological polar surface area (TPSA) is 71.2 Å². The molecule has 7 heteroatoms. The van der Waals surface area contributed by atoms with Crippen molar-refractivity contribution < 1.29 is 4.79 Å². The van der Waals surface area contributed by atoms with Gasteiger partial charge in [-0.25, -0.2) is 4.98 Å². The summed E-state index contributed by atoms with van der Waals surface area (Å²) < 4.78 is 0. The van der Waals surface area contributed by atoms with Crippen molar-refractivity contribution in [1.82, 2.24) is 4.98 Å². The number of rotatable bonds is 6. The van der Waals surface area contributed by atoms with E-state index in [9.17, 15) is 4.79 Å². The first kappa shape index (κ1) is 21.3. The molecule has 1 rings (SSSR count). The highest BCUT2D eigenvalue weighted by atomic mass is 35.5. The first-order chi connectivity index (χ1) is 8.56. The van der Waals surface area contributed by atoms with Crippen molar-refractivity contribution in [2.45, 2.75) is 33.2 Å². The molecule has 0 aliphatic heterocycles. The molecule has 1 aromatic heterocycles. The van der Waals surface area contributed by atoms with E-state index in [1.807, 2.05) is 12.1 Å². The molecule has 0 saturated heterocycles. The van der Waals surface area contributed by atoms with Crippen LogP contribution in [0.3, 0.4) is 0 Å². The predicted octanol–water partition coefficient (Wildman–Crippen LogP) is 2.45. The quantitative estimate of drug-likeness (QED) is 0.843. The number of carbonyl (C=O) groups excluding carboxylic acids is 1. The fraction of sp³-hybridized carbons (Fsp3) is 0.538. The lowest BCUT2D eigenvalue weighted by Crippen LogP contribution is -2.24. The molecule has 3 N–H and O–H groups in total. The van der Waals surface area contributed by atoms with Crippen molar-refractivity contribution in [3.63, 3.8) is 0 Å². The van der Waals surface area contributed by atoms with E-state index in [0.717, 1.165) is 18.9 Å². The Labute approximate surface area is 133 Å². The third-order valence-electron chi connectivity index (χ3n) is 2.63. The van der Waals surface area contributed by atoms with Crippen LogP contribution in [-0.4, -0.2) is 30.0 Å². The number of nitrogens with zero attached hydrogens (tertiary/aromatic N) is 2. The van der Waals surface area contributed by atoms with Crippen LogP contribution in [0.4, 0.5) is 11.5 Å². The minimum atomic E-state index is -0.132. The van der Waals surface area contributed by atoms with Crippen molar-refractivity contribution in [2.75, 3.05) is 23.3 Å². The lowest BCUT2D eigenvalue weighted by Gasteiger charge is -2.19. The van der Waals surface area contributed by atoms with Crippen LogP contribution < -0.4 is 16.0 Å². The fourth-order valence-corrected chi connectivity index (χ4v) is 1.70. The Morgan fingerprint density at radius 1 is 1.35 bits per heavy atom. The van der Waals surface area contributed by atoms with Gasteiger partial charge in [-0.3, -0.25) is 4.79 Å². The van der Waals surface area contributed by atoms with Crippen molar-refractivity contribution in [2.24, 2.45) is 5.73 Å². The number of hydrogen-bond acceptors (Lipinski definition) is 4. The molecule has 0 saturated carbocycles.